The molecule has 4 heteroatoms. The SMILES string of the molecule is C[C@H](NC(=O)C1=CCCCCC1)c1nc2ccccc2[nH]1. The highest BCUT2D eigenvalue weighted by atomic mass is 16.1. The number of para-hydroxylation sites is 2. The van der Waals surface area contributed by atoms with Crippen LogP contribution in [0.5, 0.6) is 0 Å². The summed E-state index contributed by atoms with van der Waals surface area (Å²) in [5.74, 6) is 0.851. The van der Waals surface area contributed by atoms with Crippen LogP contribution in [0.1, 0.15) is 50.9 Å². The number of H-pyrrole nitrogens is 1. The Bertz CT molecular complexity index is 638. The normalized spacial score (nSPS) is 17.1. The minimum absolute atomic E-state index is 0.0462. The summed E-state index contributed by atoms with van der Waals surface area (Å²) < 4.78 is 0. The van der Waals surface area contributed by atoms with E-state index in [1.165, 1.54) is 12.8 Å². The van der Waals surface area contributed by atoms with Crippen LogP contribution in [0.25, 0.3) is 11.0 Å². The van der Waals surface area contributed by atoms with E-state index < -0.39 is 0 Å². The molecule has 0 saturated heterocycles. The summed E-state index contributed by atoms with van der Waals surface area (Å²) in [6.45, 7) is 1.97. The predicted molar refractivity (Wildman–Crippen MR) is 83.8 cm³/mol. The topological polar surface area (TPSA) is 57.8 Å². The lowest BCUT2D eigenvalue weighted by atomic mass is 10.1. The number of amides is 1. The molecule has 2 N–H and O–H groups in total. The first kappa shape index (κ1) is 13.9. The second-order valence-corrected chi connectivity index (χ2v) is 5.66. The molecule has 1 aromatic carbocycles. The molecule has 1 aromatic heterocycles. The number of carbonyl (C=O) groups excluding carboxylic acids is 1. The largest absolute Gasteiger partial charge is 0.343 e. The molecule has 21 heavy (non-hydrogen) atoms. The van der Waals surface area contributed by atoms with Crippen molar-refractivity contribution in [3.8, 4) is 0 Å². The van der Waals surface area contributed by atoms with Gasteiger partial charge in [-0.05, 0) is 44.7 Å². The Labute approximate surface area is 124 Å². The van der Waals surface area contributed by atoms with Crippen molar-refractivity contribution in [2.45, 2.75) is 45.1 Å². The number of hydrogen-bond acceptors (Lipinski definition) is 2. The van der Waals surface area contributed by atoms with E-state index in [2.05, 4.69) is 21.4 Å². The number of nitrogens with zero attached hydrogens (tertiary/aromatic N) is 1. The van der Waals surface area contributed by atoms with Gasteiger partial charge in [0.25, 0.3) is 0 Å². The molecule has 1 aliphatic carbocycles. The Hall–Kier alpha value is -2.10. The average Bonchev–Trinajstić information content (AvgIpc) is 2.73. The van der Waals surface area contributed by atoms with Crippen LogP contribution in [0.3, 0.4) is 0 Å². The van der Waals surface area contributed by atoms with Gasteiger partial charge in [0.05, 0.1) is 17.1 Å². The lowest BCUT2D eigenvalue weighted by Crippen LogP contribution is -2.28. The van der Waals surface area contributed by atoms with Gasteiger partial charge in [-0.25, -0.2) is 4.98 Å². The molecule has 3 rings (SSSR count). The highest BCUT2D eigenvalue weighted by Gasteiger charge is 2.17. The van der Waals surface area contributed by atoms with E-state index in [-0.39, 0.29) is 11.9 Å². The third kappa shape index (κ3) is 3.15. The van der Waals surface area contributed by atoms with Crippen LogP contribution in [0, 0.1) is 0 Å². The second kappa shape index (κ2) is 6.12. The number of aromatic amines is 1. The fourth-order valence-electron chi connectivity index (χ4n) is 2.76. The zero-order valence-electron chi connectivity index (χ0n) is 12.4. The van der Waals surface area contributed by atoms with Gasteiger partial charge in [-0.3, -0.25) is 4.79 Å². The third-order valence-corrected chi connectivity index (χ3v) is 4.00. The van der Waals surface area contributed by atoms with Gasteiger partial charge in [0, 0.05) is 5.57 Å². The molecule has 0 bridgehead atoms. The molecule has 0 radical (unpaired) electrons. The maximum atomic E-state index is 12.3. The summed E-state index contributed by atoms with van der Waals surface area (Å²) in [6.07, 6.45) is 7.51. The molecule has 0 unspecified atom stereocenters. The van der Waals surface area contributed by atoms with E-state index >= 15 is 0 Å². The van der Waals surface area contributed by atoms with Crippen LogP contribution < -0.4 is 5.32 Å². The number of rotatable bonds is 3. The number of hydrogen-bond donors (Lipinski definition) is 2. The summed E-state index contributed by atoms with van der Waals surface area (Å²) in [5, 5.41) is 3.05. The molecule has 110 valence electrons. The molecule has 4 nitrogen and oxygen atoms in total. The van der Waals surface area contributed by atoms with Gasteiger partial charge in [-0.2, -0.15) is 0 Å². The molecular weight excluding hydrogens is 262 g/mol. The zero-order chi connectivity index (χ0) is 14.7. The van der Waals surface area contributed by atoms with Crippen molar-refractivity contribution in [2.75, 3.05) is 0 Å². The molecule has 0 aliphatic heterocycles. The van der Waals surface area contributed by atoms with Gasteiger partial charge in [0.1, 0.15) is 5.82 Å². The predicted octanol–water partition coefficient (Wildman–Crippen LogP) is 3.63. The second-order valence-electron chi connectivity index (χ2n) is 5.66. The molecular formula is C17H21N3O. The van der Waals surface area contributed by atoms with Crippen molar-refractivity contribution >= 4 is 16.9 Å². The zero-order valence-corrected chi connectivity index (χ0v) is 12.4. The third-order valence-electron chi connectivity index (χ3n) is 4.00. The summed E-state index contributed by atoms with van der Waals surface area (Å²) in [4.78, 5) is 20.1. The van der Waals surface area contributed by atoms with Crippen LogP contribution in [0.2, 0.25) is 0 Å². The van der Waals surface area contributed by atoms with Crippen molar-refractivity contribution in [3.63, 3.8) is 0 Å². The first-order chi connectivity index (χ1) is 10.2. The van der Waals surface area contributed by atoms with Crippen molar-refractivity contribution in [3.05, 3.63) is 41.7 Å². The van der Waals surface area contributed by atoms with Crippen LogP contribution >= 0.6 is 0 Å². The number of aromatic nitrogens is 2. The molecule has 1 amide bonds. The van der Waals surface area contributed by atoms with Gasteiger partial charge in [0.2, 0.25) is 5.91 Å². The van der Waals surface area contributed by atoms with E-state index in [9.17, 15) is 4.79 Å². The Morgan fingerprint density at radius 3 is 3.00 bits per heavy atom. The Kier molecular flexibility index (Phi) is 4.04. The summed E-state index contributed by atoms with van der Waals surface area (Å²) in [7, 11) is 0. The molecule has 1 heterocycles. The summed E-state index contributed by atoms with van der Waals surface area (Å²) >= 11 is 0. The molecule has 1 aliphatic rings. The maximum Gasteiger partial charge on any atom is 0.247 e. The molecule has 1 atom stereocenters. The van der Waals surface area contributed by atoms with E-state index in [0.717, 1.165) is 41.7 Å². The summed E-state index contributed by atoms with van der Waals surface area (Å²) in [5.41, 5.74) is 2.86. The van der Waals surface area contributed by atoms with Crippen molar-refractivity contribution in [1.29, 1.82) is 0 Å². The number of imidazole rings is 1. The van der Waals surface area contributed by atoms with Gasteiger partial charge in [-0.15, -0.1) is 0 Å². The molecule has 2 aromatic rings. The van der Waals surface area contributed by atoms with E-state index in [1.807, 2.05) is 31.2 Å². The van der Waals surface area contributed by atoms with Crippen LogP contribution in [0.4, 0.5) is 0 Å². The Morgan fingerprint density at radius 1 is 1.29 bits per heavy atom. The van der Waals surface area contributed by atoms with Crippen molar-refractivity contribution < 1.29 is 4.79 Å². The van der Waals surface area contributed by atoms with Gasteiger partial charge in [0.15, 0.2) is 0 Å². The number of allylic oxidation sites excluding steroid dienone is 1. The minimum Gasteiger partial charge on any atom is -0.343 e. The highest BCUT2D eigenvalue weighted by Crippen LogP contribution is 2.19. The number of carbonyl (C=O) groups is 1. The van der Waals surface area contributed by atoms with E-state index in [4.69, 9.17) is 0 Å². The van der Waals surface area contributed by atoms with Gasteiger partial charge in [-0.1, -0.05) is 24.6 Å². The summed E-state index contributed by atoms with van der Waals surface area (Å²) in [6, 6.07) is 7.79. The van der Waals surface area contributed by atoms with Crippen molar-refractivity contribution in [2.24, 2.45) is 0 Å². The monoisotopic (exact) mass is 283 g/mol. The van der Waals surface area contributed by atoms with Crippen LogP contribution in [-0.4, -0.2) is 15.9 Å². The smallest absolute Gasteiger partial charge is 0.247 e. The van der Waals surface area contributed by atoms with Crippen LogP contribution in [-0.2, 0) is 4.79 Å². The minimum atomic E-state index is -0.117. The Balaban J connectivity index is 1.71. The van der Waals surface area contributed by atoms with E-state index in [1.54, 1.807) is 0 Å². The molecule has 0 fully saturated rings. The van der Waals surface area contributed by atoms with Gasteiger partial charge >= 0.3 is 0 Å². The fourth-order valence-corrected chi connectivity index (χ4v) is 2.76. The average molecular weight is 283 g/mol. The first-order valence-electron chi connectivity index (χ1n) is 7.68. The number of nitrogens with one attached hydrogen (secondary N) is 2. The maximum absolute atomic E-state index is 12.3. The highest BCUT2D eigenvalue weighted by molar-refractivity contribution is 5.93. The number of benzene rings is 1. The van der Waals surface area contributed by atoms with Crippen molar-refractivity contribution in [1.82, 2.24) is 15.3 Å². The quantitative estimate of drug-likeness (QED) is 0.903. The van der Waals surface area contributed by atoms with Crippen LogP contribution in [0.15, 0.2) is 35.9 Å². The van der Waals surface area contributed by atoms with Gasteiger partial charge < -0.3 is 10.3 Å². The fraction of sp³-hybridized carbons (Fsp3) is 0.412. The first-order valence-corrected chi connectivity index (χ1v) is 7.68. The number of fused-ring (bicyclic) bond motifs is 1. The van der Waals surface area contributed by atoms with E-state index in [0.29, 0.717) is 0 Å². The molecule has 0 spiro atoms. The molecule has 0 saturated carbocycles. The lowest BCUT2D eigenvalue weighted by Gasteiger charge is -2.13. The standard InChI is InChI=1S/C17H21N3O/c1-12(16-19-14-10-6-7-11-15(14)20-16)18-17(21)13-8-4-2-3-5-9-13/h6-8,10-12H,2-5,9H2,1H3,(H,18,21)(H,19,20)/t12-/m0/s1. The lowest BCUT2D eigenvalue weighted by molar-refractivity contribution is -0.118. The Morgan fingerprint density at radius 2 is 2.14 bits per heavy atom.